The summed E-state index contributed by atoms with van der Waals surface area (Å²) in [6.45, 7) is 6.42. The molecule has 3 aliphatic carbocycles. The first kappa shape index (κ1) is 23.3. The highest BCUT2D eigenvalue weighted by Crippen LogP contribution is 2.62. The predicted octanol–water partition coefficient (Wildman–Crippen LogP) is 5.97. The number of phenolic OH excluding ortho intramolecular Hbond substituents is 1. The SMILES string of the molecule is CON=C1CC(CCC(=O)Nc2ncc(C)s2)C2C3CCc4c(ccc(O)c4C)C3CCC12C. The van der Waals surface area contributed by atoms with Crippen molar-refractivity contribution in [1.29, 1.82) is 0 Å². The van der Waals surface area contributed by atoms with Crippen molar-refractivity contribution in [3.63, 3.8) is 0 Å². The zero-order chi connectivity index (χ0) is 24.0. The zero-order valence-corrected chi connectivity index (χ0v) is 21.4. The molecule has 0 saturated heterocycles. The molecule has 34 heavy (non-hydrogen) atoms. The van der Waals surface area contributed by atoms with Crippen molar-refractivity contribution in [3.8, 4) is 5.75 Å². The van der Waals surface area contributed by atoms with Crippen LogP contribution >= 0.6 is 11.3 Å². The number of phenols is 1. The van der Waals surface area contributed by atoms with Gasteiger partial charge in [0.05, 0.1) is 5.71 Å². The van der Waals surface area contributed by atoms with Crippen LogP contribution in [0.5, 0.6) is 5.75 Å². The highest BCUT2D eigenvalue weighted by molar-refractivity contribution is 7.15. The Kier molecular flexibility index (Phi) is 6.17. The number of amides is 1. The highest BCUT2D eigenvalue weighted by atomic mass is 32.1. The number of nitrogens with one attached hydrogen (secondary N) is 1. The van der Waals surface area contributed by atoms with Crippen LogP contribution in [0, 0.1) is 37.0 Å². The second-order valence-electron chi connectivity index (χ2n) is 10.6. The Balaban J connectivity index is 1.39. The van der Waals surface area contributed by atoms with Crippen molar-refractivity contribution in [2.75, 3.05) is 12.4 Å². The molecule has 182 valence electrons. The lowest BCUT2D eigenvalue weighted by Crippen LogP contribution is -2.44. The first-order chi connectivity index (χ1) is 16.3. The molecule has 3 aliphatic rings. The van der Waals surface area contributed by atoms with Crippen molar-refractivity contribution in [2.24, 2.45) is 28.3 Å². The van der Waals surface area contributed by atoms with Gasteiger partial charge >= 0.3 is 0 Å². The maximum atomic E-state index is 12.7. The van der Waals surface area contributed by atoms with Gasteiger partial charge in [-0.1, -0.05) is 18.1 Å². The molecular weight excluding hydrogens is 446 g/mol. The highest BCUT2D eigenvalue weighted by Gasteiger charge is 2.57. The van der Waals surface area contributed by atoms with Crippen LogP contribution in [0.2, 0.25) is 0 Å². The molecule has 2 N–H and O–H groups in total. The summed E-state index contributed by atoms with van der Waals surface area (Å²) in [6, 6.07) is 4.04. The fourth-order valence-electron chi connectivity index (χ4n) is 7.34. The molecule has 7 heteroatoms. The third-order valence-corrected chi connectivity index (χ3v) is 9.68. The number of rotatable bonds is 5. The second-order valence-corrected chi connectivity index (χ2v) is 11.9. The van der Waals surface area contributed by atoms with Crippen molar-refractivity contribution in [2.45, 2.75) is 71.6 Å². The van der Waals surface area contributed by atoms with E-state index >= 15 is 0 Å². The molecule has 0 radical (unpaired) electrons. The van der Waals surface area contributed by atoms with Gasteiger partial charge in [-0.15, -0.1) is 11.3 Å². The number of fused-ring (bicyclic) bond motifs is 5. The molecule has 2 saturated carbocycles. The number of thiazole rings is 1. The maximum Gasteiger partial charge on any atom is 0.226 e. The summed E-state index contributed by atoms with van der Waals surface area (Å²) in [6.07, 6.45) is 8.40. The summed E-state index contributed by atoms with van der Waals surface area (Å²) in [4.78, 5) is 23.4. The number of aromatic nitrogens is 1. The normalized spacial score (nSPS) is 31.0. The standard InChI is InChI=1S/C27H35N3O3S/c1-15-14-28-26(34-15)29-24(32)10-5-17-13-23(30-33-4)27(3)12-11-20-19-8-9-22(31)16(2)18(19)6-7-21(20)25(17)27/h8-9,14,17,20-21,25,31H,5-7,10-13H2,1-4H3,(H,28,29,32). The Labute approximate surface area is 205 Å². The molecule has 1 amide bonds. The Morgan fingerprint density at radius 3 is 2.91 bits per heavy atom. The molecule has 5 rings (SSSR count). The minimum atomic E-state index is 0.0220. The molecule has 6 nitrogen and oxygen atoms in total. The minimum Gasteiger partial charge on any atom is -0.508 e. The summed E-state index contributed by atoms with van der Waals surface area (Å²) in [7, 11) is 1.64. The van der Waals surface area contributed by atoms with Crippen molar-refractivity contribution >= 4 is 28.1 Å². The van der Waals surface area contributed by atoms with Gasteiger partial charge in [-0.25, -0.2) is 4.98 Å². The van der Waals surface area contributed by atoms with Gasteiger partial charge in [0.25, 0.3) is 0 Å². The lowest BCUT2D eigenvalue weighted by atomic mass is 9.53. The van der Waals surface area contributed by atoms with Gasteiger partial charge < -0.3 is 15.3 Å². The number of carbonyl (C=O) groups is 1. The number of oxime groups is 1. The monoisotopic (exact) mass is 481 g/mol. The first-order valence-electron chi connectivity index (χ1n) is 12.5. The molecule has 0 bridgehead atoms. The van der Waals surface area contributed by atoms with E-state index < -0.39 is 0 Å². The van der Waals surface area contributed by atoms with Gasteiger partial charge in [0.2, 0.25) is 5.91 Å². The van der Waals surface area contributed by atoms with Crippen LogP contribution in [0.25, 0.3) is 0 Å². The van der Waals surface area contributed by atoms with Crippen molar-refractivity contribution in [3.05, 3.63) is 39.9 Å². The van der Waals surface area contributed by atoms with Crippen LogP contribution in [-0.2, 0) is 16.1 Å². The van der Waals surface area contributed by atoms with E-state index in [2.05, 4.69) is 28.4 Å². The molecule has 1 heterocycles. The van der Waals surface area contributed by atoms with E-state index in [1.807, 2.05) is 19.9 Å². The van der Waals surface area contributed by atoms with Gasteiger partial charge in [0.1, 0.15) is 12.9 Å². The minimum absolute atomic E-state index is 0.0220. The number of nitrogens with zero attached hydrogens (tertiary/aromatic N) is 2. The van der Waals surface area contributed by atoms with Crippen LogP contribution in [0.1, 0.15) is 72.9 Å². The van der Waals surface area contributed by atoms with Crippen molar-refractivity contribution < 1.29 is 14.7 Å². The van der Waals surface area contributed by atoms with Gasteiger partial charge in [-0.2, -0.15) is 0 Å². The molecular formula is C27H35N3O3S. The summed E-state index contributed by atoms with van der Waals surface area (Å²) < 4.78 is 0. The van der Waals surface area contributed by atoms with E-state index in [9.17, 15) is 9.90 Å². The van der Waals surface area contributed by atoms with E-state index in [-0.39, 0.29) is 11.3 Å². The van der Waals surface area contributed by atoms with Crippen LogP contribution in [-0.4, -0.2) is 28.8 Å². The Bertz CT molecular complexity index is 1130. The third-order valence-electron chi connectivity index (χ3n) is 8.86. The topological polar surface area (TPSA) is 83.8 Å². The summed E-state index contributed by atoms with van der Waals surface area (Å²) >= 11 is 1.51. The summed E-state index contributed by atoms with van der Waals surface area (Å²) in [5.74, 6) is 2.42. The van der Waals surface area contributed by atoms with Crippen LogP contribution in [0.3, 0.4) is 0 Å². The smallest absolute Gasteiger partial charge is 0.226 e. The molecule has 2 aromatic rings. The number of aromatic hydroxyl groups is 1. The summed E-state index contributed by atoms with van der Waals surface area (Å²) in [5.41, 5.74) is 5.02. The third kappa shape index (κ3) is 3.92. The van der Waals surface area contributed by atoms with Crippen LogP contribution < -0.4 is 5.32 Å². The molecule has 5 unspecified atom stereocenters. The maximum absolute atomic E-state index is 12.7. The van der Waals surface area contributed by atoms with Gasteiger partial charge in [0, 0.05) is 22.9 Å². The Morgan fingerprint density at radius 2 is 2.18 bits per heavy atom. The van der Waals surface area contributed by atoms with E-state index in [4.69, 9.17) is 4.84 Å². The Hall–Kier alpha value is -2.41. The number of carbonyl (C=O) groups excluding carboxylic acids is 1. The summed E-state index contributed by atoms with van der Waals surface area (Å²) in [5, 5.41) is 18.4. The molecule has 0 spiro atoms. The number of benzene rings is 1. The first-order valence-corrected chi connectivity index (χ1v) is 13.3. The molecule has 1 aromatic heterocycles. The average Bonchev–Trinajstić information content (AvgIpc) is 3.34. The van der Waals surface area contributed by atoms with E-state index in [0.717, 1.165) is 49.0 Å². The predicted molar refractivity (Wildman–Crippen MR) is 135 cm³/mol. The average molecular weight is 482 g/mol. The van der Waals surface area contributed by atoms with E-state index in [1.165, 1.54) is 28.2 Å². The van der Waals surface area contributed by atoms with Gasteiger partial charge in [-0.3, -0.25) is 4.79 Å². The fourth-order valence-corrected chi connectivity index (χ4v) is 8.02. The molecule has 5 atom stereocenters. The zero-order valence-electron chi connectivity index (χ0n) is 20.6. The van der Waals surface area contributed by atoms with E-state index in [0.29, 0.717) is 41.0 Å². The van der Waals surface area contributed by atoms with Crippen molar-refractivity contribution in [1.82, 2.24) is 4.98 Å². The number of anilines is 1. The second kappa shape index (κ2) is 8.99. The van der Waals surface area contributed by atoms with Gasteiger partial charge in [0.15, 0.2) is 5.13 Å². The van der Waals surface area contributed by atoms with Crippen LogP contribution in [0.4, 0.5) is 5.13 Å². The molecule has 2 fully saturated rings. The van der Waals surface area contributed by atoms with E-state index in [1.54, 1.807) is 13.3 Å². The quantitative estimate of drug-likeness (QED) is 0.516. The lowest BCUT2D eigenvalue weighted by molar-refractivity contribution is -0.116. The largest absolute Gasteiger partial charge is 0.508 e. The number of hydrogen-bond donors (Lipinski definition) is 2. The number of hydrogen-bond acceptors (Lipinski definition) is 6. The number of aryl methyl sites for hydroxylation is 1. The molecule has 1 aromatic carbocycles. The fraction of sp³-hybridized carbons (Fsp3) is 0.593. The molecule has 0 aliphatic heterocycles. The Morgan fingerprint density at radius 1 is 1.35 bits per heavy atom. The van der Waals surface area contributed by atoms with Gasteiger partial charge in [-0.05, 0) is 98.8 Å². The van der Waals surface area contributed by atoms with Crippen LogP contribution in [0.15, 0.2) is 23.5 Å². The lowest BCUT2D eigenvalue weighted by Gasteiger charge is -2.50.